The Balaban J connectivity index is 1.93. The van der Waals surface area contributed by atoms with Crippen LogP contribution >= 0.6 is 0 Å². The second-order valence-electron chi connectivity index (χ2n) is 4.60. The Bertz CT molecular complexity index is 623. The third-order valence-electron chi connectivity index (χ3n) is 2.95. The molecule has 0 aliphatic rings. The van der Waals surface area contributed by atoms with Crippen LogP contribution in [0.5, 0.6) is 11.5 Å². The Morgan fingerprint density at radius 1 is 1.15 bits per heavy atom. The van der Waals surface area contributed by atoms with Gasteiger partial charge in [0.2, 0.25) is 0 Å². The number of amides is 1. The zero-order valence-electron chi connectivity index (χ0n) is 11.5. The van der Waals surface area contributed by atoms with Crippen molar-refractivity contribution < 1.29 is 14.6 Å². The lowest BCUT2D eigenvalue weighted by Crippen LogP contribution is -2.20. The fourth-order valence-corrected chi connectivity index (χ4v) is 1.75. The van der Waals surface area contributed by atoms with Crippen molar-refractivity contribution in [3.63, 3.8) is 0 Å². The standard InChI is InChI=1S/C16H17NO3/c1-11-7-8-13(9-14(11)18)17-16(19)10-20-15-6-4-3-5-12(15)2/h3-9,18H,10H2,1-2H3,(H,17,19). The minimum absolute atomic E-state index is 0.0699. The molecule has 1 amide bonds. The number of aryl methyl sites for hydroxylation is 2. The van der Waals surface area contributed by atoms with Crippen LogP contribution in [0.25, 0.3) is 0 Å². The molecule has 104 valence electrons. The SMILES string of the molecule is Cc1ccc(NC(=O)COc2ccccc2C)cc1O. The molecule has 4 nitrogen and oxygen atoms in total. The Kier molecular flexibility index (Phi) is 4.25. The highest BCUT2D eigenvalue weighted by atomic mass is 16.5. The molecule has 2 aromatic rings. The number of benzene rings is 2. The number of carbonyl (C=O) groups excluding carboxylic acids is 1. The van der Waals surface area contributed by atoms with Gasteiger partial charge in [0.25, 0.3) is 5.91 Å². The fourth-order valence-electron chi connectivity index (χ4n) is 1.75. The monoisotopic (exact) mass is 271 g/mol. The average Bonchev–Trinajstić information content (AvgIpc) is 2.42. The molecular formula is C16H17NO3. The van der Waals surface area contributed by atoms with Crippen LogP contribution in [-0.2, 0) is 4.79 Å². The summed E-state index contributed by atoms with van der Waals surface area (Å²) in [5, 5.41) is 12.3. The van der Waals surface area contributed by atoms with E-state index in [1.54, 1.807) is 19.1 Å². The first kappa shape index (κ1) is 13.9. The maximum atomic E-state index is 11.8. The van der Waals surface area contributed by atoms with Gasteiger partial charge in [-0.25, -0.2) is 0 Å². The molecule has 0 aromatic heterocycles. The van der Waals surface area contributed by atoms with Gasteiger partial charge in [0, 0.05) is 11.8 Å². The van der Waals surface area contributed by atoms with Crippen LogP contribution in [0.2, 0.25) is 0 Å². The van der Waals surface area contributed by atoms with Crippen LogP contribution in [0, 0.1) is 13.8 Å². The van der Waals surface area contributed by atoms with Crippen molar-refractivity contribution in [2.24, 2.45) is 0 Å². The van der Waals surface area contributed by atoms with Gasteiger partial charge < -0.3 is 15.2 Å². The summed E-state index contributed by atoms with van der Waals surface area (Å²) in [7, 11) is 0. The number of phenolic OH excluding ortho intramolecular Hbond substituents is 1. The van der Waals surface area contributed by atoms with Crippen LogP contribution in [0.1, 0.15) is 11.1 Å². The minimum Gasteiger partial charge on any atom is -0.508 e. The summed E-state index contributed by atoms with van der Waals surface area (Å²) in [6.07, 6.45) is 0. The quantitative estimate of drug-likeness (QED) is 0.898. The van der Waals surface area contributed by atoms with Crippen molar-refractivity contribution in [3.8, 4) is 11.5 Å². The van der Waals surface area contributed by atoms with Crippen molar-refractivity contribution in [3.05, 3.63) is 53.6 Å². The molecule has 0 fully saturated rings. The van der Waals surface area contributed by atoms with E-state index in [1.807, 2.05) is 31.2 Å². The fraction of sp³-hybridized carbons (Fsp3) is 0.188. The molecule has 0 atom stereocenters. The molecule has 0 bridgehead atoms. The van der Waals surface area contributed by atoms with Crippen LogP contribution < -0.4 is 10.1 Å². The zero-order chi connectivity index (χ0) is 14.5. The molecule has 20 heavy (non-hydrogen) atoms. The number of carbonyl (C=O) groups is 1. The van der Waals surface area contributed by atoms with E-state index in [0.29, 0.717) is 11.4 Å². The summed E-state index contributed by atoms with van der Waals surface area (Å²) < 4.78 is 5.45. The summed E-state index contributed by atoms with van der Waals surface area (Å²) in [4.78, 5) is 11.8. The molecule has 2 N–H and O–H groups in total. The highest BCUT2D eigenvalue weighted by Crippen LogP contribution is 2.21. The summed E-state index contributed by atoms with van der Waals surface area (Å²) in [5.41, 5.74) is 2.29. The Hall–Kier alpha value is -2.49. The van der Waals surface area contributed by atoms with E-state index in [1.165, 1.54) is 6.07 Å². The van der Waals surface area contributed by atoms with Crippen LogP contribution in [0.15, 0.2) is 42.5 Å². The third-order valence-corrected chi connectivity index (χ3v) is 2.95. The van der Waals surface area contributed by atoms with Gasteiger partial charge in [0.1, 0.15) is 11.5 Å². The predicted molar refractivity (Wildman–Crippen MR) is 78.1 cm³/mol. The molecule has 0 spiro atoms. The number of anilines is 1. The lowest BCUT2D eigenvalue weighted by Gasteiger charge is -2.10. The topological polar surface area (TPSA) is 58.6 Å². The first-order valence-electron chi connectivity index (χ1n) is 6.34. The van der Waals surface area contributed by atoms with Gasteiger partial charge in [-0.15, -0.1) is 0 Å². The molecule has 0 unspecified atom stereocenters. The largest absolute Gasteiger partial charge is 0.508 e. The normalized spacial score (nSPS) is 10.1. The number of phenols is 1. The van der Waals surface area contributed by atoms with Gasteiger partial charge >= 0.3 is 0 Å². The van der Waals surface area contributed by atoms with Crippen LogP contribution in [-0.4, -0.2) is 17.6 Å². The van der Waals surface area contributed by atoms with Gasteiger partial charge in [0.15, 0.2) is 6.61 Å². The first-order valence-corrected chi connectivity index (χ1v) is 6.34. The summed E-state index contributed by atoms with van der Waals surface area (Å²) in [6, 6.07) is 12.5. The van der Waals surface area contributed by atoms with E-state index in [0.717, 1.165) is 11.1 Å². The van der Waals surface area contributed by atoms with E-state index >= 15 is 0 Å². The maximum absolute atomic E-state index is 11.8. The van der Waals surface area contributed by atoms with E-state index in [4.69, 9.17) is 4.74 Å². The molecule has 0 aliphatic heterocycles. The van der Waals surface area contributed by atoms with Crippen LogP contribution in [0.4, 0.5) is 5.69 Å². The number of hydrogen-bond acceptors (Lipinski definition) is 3. The van der Waals surface area contributed by atoms with Crippen molar-refractivity contribution in [2.45, 2.75) is 13.8 Å². The van der Waals surface area contributed by atoms with Gasteiger partial charge in [0.05, 0.1) is 0 Å². The number of ether oxygens (including phenoxy) is 1. The first-order chi connectivity index (χ1) is 9.56. The molecule has 0 saturated carbocycles. The number of aromatic hydroxyl groups is 1. The summed E-state index contributed by atoms with van der Waals surface area (Å²) >= 11 is 0. The van der Waals surface area contributed by atoms with E-state index in [9.17, 15) is 9.90 Å². The minimum atomic E-state index is -0.267. The maximum Gasteiger partial charge on any atom is 0.262 e. The van der Waals surface area contributed by atoms with E-state index < -0.39 is 0 Å². The smallest absolute Gasteiger partial charge is 0.262 e. The summed E-state index contributed by atoms with van der Waals surface area (Å²) in [5.74, 6) is 0.577. The average molecular weight is 271 g/mol. The van der Waals surface area contributed by atoms with Gasteiger partial charge in [-0.3, -0.25) is 4.79 Å². The van der Waals surface area contributed by atoms with Crippen molar-refractivity contribution in [1.29, 1.82) is 0 Å². The second-order valence-corrected chi connectivity index (χ2v) is 4.60. The van der Waals surface area contributed by atoms with E-state index in [-0.39, 0.29) is 18.3 Å². The highest BCUT2D eigenvalue weighted by molar-refractivity contribution is 5.92. The molecule has 0 aliphatic carbocycles. The molecule has 0 radical (unpaired) electrons. The molecule has 2 rings (SSSR count). The third kappa shape index (κ3) is 3.51. The number of rotatable bonds is 4. The second kappa shape index (κ2) is 6.10. The lowest BCUT2D eigenvalue weighted by molar-refractivity contribution is -0.118. The van der Waals surface area contributed by atoms with Crippen molar-refractivity contribution in [1.82, 2.24) is 0 Å². The molecule has 4 heteroatoms. The van der Waals surface area contributed by atoms with Gasteiger partial charge in [-0.2, -0.15) is 0 Å². The van der Waals surface area contributed by atoms with Gasteiger partial charge in [-0.05, 0) is 37.1 Å². The number of hydrogen-bond donors (Lipinski definition) is 2. The van der Waals surface area contributed by atoms with Gasteiger partial charge in [-0.1, -0.05) is 24.3 Å². The predicted octanol–water partition coefficient (Wildman–Crippen LogP) is 3.03. The highest BCUT2D eigenvalue weighted by Gasteiger charge is 2.06. The molecule has 2 aromatic carbocycles. The Morgan fingerprint density at radius 2 is 1.90 bits per heavy atom. The number of para-hydroxylation sites is 1. The Labute approximate surface area is 118 Å². The molecule has 0 saturated heterocycles. The van der Waals surface area contributed by atoms with E-state index in [2.05, 4.69) is 5.32 Å². The number of nitrogens with one attached hydrogen (secondary N) is 1. The van der Waals surface area contributed by atoms with Crippen LogP contribution in [0.3, 0.4) is 0 Å². The summed E-state index contributed by atoms with van der Waals surface area (Å²) in [6.45, 7) is 3.65. The lowest BCUT2D eigenvalue weighted by atomic mass is 10.2. The molecule has 0 heterocycles. The zero-order valence-corrected chi connectivity index (χ0v) is 11.5. The van der Waals surface area contributed by atoms with Crippen molar-refractivity contribution in [2.75, 3.05) is 11.9 Å². The molecular weight excluding hydrogens is 254 g/mol. The van der Waals surface area contributed by atoms with Crippen molar-refractivity contribution >= 4 is 11.6 Å². The Morgan fingerprint density at radius 3 is 2.60 bits per heavy atom.